The topological polar surface area (TPSA) is 71.1 Å². The van der Waals surface area contributed by atoms with E-state index in [1.165, 1.54) is 11.3 Å². The van der Waals surface area contributed by atoms with Gasteiger partial charge in [0.1, 0.15) is 4.90 Å². The number of anilines is 1. The summed E-state index contributed by atoms with van der Waals surface area (Å²) in [6, 6.07) is 3.34. The Kier molecular flexibility index (Phi) is 5.37. The van der Waals surface area contributed by atoms with Crippen molar-refractivity contribution in [3.05, 3.63) is 38.8 Å². The molecule has 0 fully saturated rings. The number of rotatable bonds is 6. The number of halogens is 1. The average Bonchev–Trinajstić information content (AvgIpc) is 2.81. The smallest absolute Gasteiger partial charge is 0.263 e. The maximum absolute atomic E-state index is 12.5. The fourth-order valence-electron chi connectivity index (χ4n) is 1.70. The fourth-order valence-corrected chi connectivity index (χ4v) is 5.49. The van der Waals surface area contributed by atoms with Crippen LogP contribution in [0.2, 0.25) is 0 Å². The van der Waals surface area contributed by atoms with Crippen molar-refractivity contribution in [2.24, 2.45) is 0 Å². The second-order valence-corrected chi connectivity index (χ2v) is 8.53. The van der Waals surface area contributed by atoms with E-state index < -0.39 is 10.0 Å². The molecule has 0 spiro atoms. The molecule has 2 N–H and O–H groups in total. The first-order chi connectivity index (χ1) is 9.94. The number of aryl methyl sites for hydroxylation is 1. The summed E-state index contributed by atoms with van der Waals surface area (Å²) >= 11 is 4.75. The van der Waals surface area contributed by atoms with Crippen molar-refractivity contribution in [2.45, 2.75) is 25.3 Å². The highest BCUT2D eigenvalue weighted by atomic mass is 79.9. The standard InChI is InChI=1S/C13H16BrN3O2S2/c1-3-15-8-10-6-12(13(14)20-10)21(18,19)17-11-4-5-16-7-9(11)2/h4-7,15H,3,8H2,1-2H3,(H,16,17). The van der Waals surface area contributed by atoms with E-state index in [-0.39, 0.29) is 4.90 Å². The van der Waals surface area contributed by atoms with Crippen molar-refractivity contribution < 1.29 is 8.42 Å². The van der Waals surface area contributed by atoms with E-state index in [2.05, 4.69) is 31.0 Å². The van der Waals surface area contributed by atoms with Crippen LogP contribution in [0.25, 0.3) is 0 Å². The van der Waals surface area contributed by atoms with Gasteiger partial charge in [0.2, 0.25) is 0 Å². The lowest BCUT2D eigenvalue weighted by Crippen LogP contribution is -2.14. The molecular formula is C13H16BrN3O2S2. The Labute approximate surface area is 137 Å². The Hall–Kier alpha value is -0.960. The summed E-state index contributed by atoms with van der Waals surface area (Å²) in [4.78, 5) is 5.18. The van der Waals surface area contributed by atoms with Crippen LogP contribution in [0.3, 0.4) is 0 Å². The van der Waals surface area contributed by atoms with Crippen molar-refractivity contribution in [1.29, 1.82) is 0 Å². The molecule has 2 heterocycles. The van der Waals surface area contributed by atoms with Gasteiger partial charge in [0.15, 0.2) is 0 Å². The molecule has 0 aliphatic rings. The van der Waals surface area contributed by atoms with Gasteiger partial charge >= 0.3 is 0 Å². The largest absolute Gasteiger partial charge is 0.312 e. The third-order valence-electron chi connectivity index (χ3n) is 2.81. The van der Waals surface area contributed by atoms with Gasteiger partial charge in [-0.3, -0.25) is 9.71 Å². The van der Waals surface area contributed by atoms with Gasteiger partial charge in [0, 0.05) is 23.8 Å². The lowest BCUT2D eigenvalue weighted by atomic mass is 10.3. The van der Waals surface area contributed by atoms with Crippen molar-refractivity contribution in [1.82, 2.24) is 10.3 Å². The van der Waals surface area contributed by atoms with Gasteiger partial charge < -0.3 is 5.32 Å². The quantitative estimate of drug-likeness (QED) is 0.795. The second-order valence-electron chi connectivity index (χ2n) is 4.43. The van der Waals surface area contributed by atoms with Crippen LogP contribution >= 0.6 is 27.3 Å². The molecule has 0 aliphatic heterocycles. The minimum atomic E-state index is -3.61. The molecule has 2 aromatic rings. The predicted octanol–water partition coefficient (Wildman–Crippen LogP) is 3.12. The average molecular weight is 390 g/mol. The molecule has 114 valence electrons. The molecule has 0 amide bonds. The van der Waals surface area contributed by atoms with Gasteiger partial charge in [-0.1, -0.05) is 6.92 Å². The van der Waals surface area contributed by atoms with Gasteiger partial charge in [0.25, 0.3) is 10.0 Å². The van der Waals surface area contributed by atoms with Gasteiger partial charge in [0.05, 0.1) is 9.47 Å². The Bertz CT molecular complexity index is 729. The van der Waals surface area contributed by atoms with E-state index in [1.807, 2.05) is 13.8 Å². The first-order valence-electron chi connectivity index (χ1n) is 6.36. The molecule has 0 saturated carbocycles. The monoisotopic (exact) mass is 389 g/mol. The number of sulfonamides is 1. The van der Waals surface area contributed by atoms with Crippen LogP contribution in [0.5, 0.6) is 0 Å². The highest BCUT2D eigenvalue weighted by molar-refractivity contribution is 9.11. The molecule has 0 atom stereocenters. The number of pyridine rings is 1. The minimum Gasteiger partial charge on any atom is -0.312 e. The van der Waals surface area contributed by atoms with Crippen LogP contribution in [0.1, 0.15) is 17.4 Å². The number of nitrogens with zero attached hydrogens (tertiary/aromatic N) is 1. The Morgan fingerprint density at radius 2 is 2.19 bits per heavy atom. The van der Waals surface area contributed by atoms with Gasteiger partial charge in [-0.05, 0) is 47.1 Å². The Balaban J connectivity index is 2.27. The van der Waals surface area contributed by atoms with E-state index in [1.54, 1.807) is 24.5 Å². The highest BCUT2D eigenvalue weighted by Gasteiger charge is 2.21. The summed E-state index contributed by atoms with van der Waals surface area (Å²) < 4.78 is 28.2. The van der Waals surface area contributed by atoms with Crippen LogP contribution in [0.15, 0.2) is 33.2 Å². The predicted molar refractivity (Wildman–Crippen MR) is 89.2 cm³/mol. The number of hydrogen-bond acceptors (Lipinski definition) is 5. The summed E-state index contributed by atoms with van der Waals surface area (Å²) in [5.41, 5.74) is 1.32. The molecule has 0 aromatic carbocycles. The SMILES string of the molecule is CCNCc1cc(S(=O)(=O)Nc2ccncc2C)c(Br)s1. The van der Waals surface area contributed by atoms with Crippen molar-refractivity contribution in [3.8, 4) is 0 Å². The zero-order valence-corrected chi connectivity index (χ0v) is 14.9. The van der Waals surface area contributed by atoms with Crippen LogP contribution in [0, 0.1) is 6.92 Å². The van der Waals surface area contributed by atoms with Crippen LogP contribution in [-0.4, -0.2) is 19.9 Å². The molecule has 0 saturated heterocycles. The van der Waals surface area contributed by atoms with E-state index in [4.69, 9.17) is 0 Å². The zero-order valence-electron chi connectivity index (χ0n) is 11.7. The summed E-state index contributed by atoms with van der Waals surface area (Å²) in [5, 5.41) is 3.18. The van der Waals surface area contributed by atoms with Gasteiger partial charge in [-0.25, -0.2) is 8.42 Å². The fraction of sp³-hybridized carbons (Fsp3) is 0.308. The number of aromatic nitrogens is 1. The molecule has 21 heavy (non-hydrogen) atoms. The first kappa shape index (κ1) is 16.4. The van der Waals surface area contributed by atoms with Gasteiger partial charge in [-0.2, -0.15) is 0 Å². The first-order valence-corrected chi connectivity index (χ1v) is 9.45. The maximum Gasteiger partial charge on any atom is 0.263 e. The van der Waals surface area contributed by atoms with Gasteiger partial charge in [-0.15, -0.1) is 11.3 Å². The van der Waals surface area contributed by atoms with E-state index >= 15 is 0 Å². The zero-order chi connectivity index (χ0) is 15.5. The third kappa shape index (κ3) is 4.03. The Morgan fingerprint density at radius 1 is 1.43 bits per heavy atom. The molecule has 0 aliphatic carbocycles. The second kappa shape index (κ2) is 6.87. The summed E-state index contributed by atoms with van der Waals surface area (Å²) in [6.45, 7) is 5.31. The van der Waals surface area contributed by atoms with E-state index in [9.17, 15) is 8.42 Å². The molecule has 2 aromatic heterocycles. The number of nitrogens with one attached hydrogen (secondary N) is 2. The maximum atomic E-state index is 12.5. The van der Waals surface area contributed by atoms with E-state index in [0.29, 0.717) is 16.0 Å². The molecule has 5 nitrogen and oxygen atoms in total. The van der Waals surface area contributed by atoms with Crippen molar-refractivity contribution in [2.75, 3.05) is 11.3 Å². The molecular weight excluding hydrogens is 374 g/mol. The highest BCUT2D eigenvalue weighted by Crippen LogP contribution is 2.33. The summed E-state index contributed by atoms with van der Waals surface area (Å²) in [5.74, 6) is 0. The molecule has 2 rings (SSSR count). The van der Waals surface area contributed by atoms with Crippen LogP contribution in [0.4, 0.5) is 5.69 Å². The molecule has 0 unspecified atom stereocenters. The lowest BCUT2D eigenvalue weighted by Gasteiger charge is -2.09. The molecule has 8 heteroatoms. The van der Waals surface area contributed by atoms with Crippen molar-refractivity contribution >= 4 is 43.0 Å². The normalized spacial score (nSPS) is 11.6. The number of thiophene rings is 1. The minimum absolute atomic E-state index is 0.261. The molecule has 0 radical (unpaired) electrons. The van der Waals surface area contributed by atoms with Crippen LogP contribution < -0.4 is 10.0 Å². The summed E-state index contributed by atoms with van der Waals surface area (Å²) in [6.07, 6.45) is 3.18. The van der Waals surface area contributed by atoms with Crippen LogP contribution in [-0.2, 0) is 16.6 Å². The van der Waals surface area contributed by atoms with E-state index in [0.717, 1.165) is 17.0 Å². The third-order valence-corrected chi connectivity index (χ3v) is 6.43. The number of hydrogen-bond donors (Lipinski definition) is 2. The summed E-state index contributed by atoms with van der Waals surface area (Å²) in [7, 11) is -3.61. The van der Waals surface area contributed by atoms with Crippen molar-refractivity contribution in [3.63, 3.8) is 0 Å². The Morgan fingerprint density at radius 3 is 2.86 bits per heavy atom. The lowest BCUT2D eigenvalue weighted by molar-refractivity contribution is 0.601. The molecule has 0 bridgehead atoms.